The lowest BCUT2D eigenvalue weighted by molar-refractivity contribution is -0.184. The van der Waals surface area contributed by atoms with E-state index in [2.05, 4.69) is 13.8 Å². The molecular weight excluding hydrogens is 606 g/mol. The van der Waals surface area contributed by atoms with Gasteiger partial charge in [-0.3, -0.25) is 14.5 Å². The minimum Gasteiger partial charge on any atom is -0.462 e. The Morgan fingerprint density at radius 2 is 1.52 bits per heavy atom. The second-order valence-corrected chi connectivity index (χ2v) is 15.3. The molecule has 2 saturated carbocycles. The van der Waals surface area contributed by atoms with Gasteiger partial charge in [-0.2, -0.15) is 0 Å². The molecule has 0 radical (unpaired) electrons. The third-order valence-corrected chi connectivity index (χ3v) is 11.4. The Labute approximate surface area is 286 Å². The lowest BCUT2D eigenvalue weighted by Crippen LogP contribution is -2.55. The Morgan fingerprint density at radius 1 is 0.896 bits per heavy atom. The van der Waals surface area contributed by atoms with Gasteiger partial charge in [0, 0.05) is 31.3 Å². The van der Waals surface area contributed by atoms with Crippen molar-refractivity contribution in [2.24, 2.45) is 35.0 Å². The number of carbonyl (C=O) groups is 3. The normalized spacial score (nSPS) is 30.5. The third-order valence-electron chi connectivity index (χ3n) is 11.4. The summed E-state index contributed by atoms with van der Waals surface area (Å²) in [6.45, 7) is 11.1. The van der Waals surface area contributed by atoms with Crippen LogP contribution < -0.4 is 0 Å². The number of amides is 1. The van der Waals surface area contributed by atoms with E-state index in [9.17, 15) is 19.5 Å². The van der Waals surface area contributed by atoms with Crippen LogP contribution in [0.25, 0.3) is 0 Å². The predicted molar refractivity (Wildman–Crippen MR) is 183 cm³/mol. The minimum atomic E-state index is -0.674. The lowest BCUT2D eigenvalue weighted by atomic mass is 9.57. The van der Waals surface area contributed by atoms with Gasteiger partial charge in [-0.05, 0) is 74.8 Å². The van der Waals surface area contributed by atoms with E-state index in [0.29, 0.717) is 44.7 Å². The monoisotopic (exact) mass is 661 g/mol. The number of ether oxygens (including phenoxy) is 3. The molecule has 3 aliphatic rings. The molecule has 5 rings (SSSR count). The number of hydrogen-bond acceptors (Lipinski definition) is 7. The van der Waals surface area contributed by atoms with E-state index in [-0.39, 0.29) is 66.4 Å². The van der Waals surface area contributed by atoms with Crippen LogP contribution in [0.15, 0.2) is 60.7 Å². The minimum absolute atomic E-state index is 0.000248. The molecule has 8 nitrogen and oxygen atoms in total. The van der Waals surface area contributed by atoms with Crippen LogP contribution in [0.5, 0.6) is 0 Å². The summed E-state index contributed by atoms with van der Waals surface area (Å²) in [4.78, 5) is 41.5. The molecule has 1 heterocycles. The van der Waals surface area contributed by atoms with Crippen LogP contribution in [0.4, 0.5) is 4.79 Å². The van der Waals surface area contributed by atoms with E-state index in [0.717, 1.165) is 30.4 Å². The highest BCUT2D eigenvalue weighted by Crippen LogP contribution is 2.52. The van der Waals surface area contributed by atoms with Gasteiger partial charge in [0.1, 0.15) is 18.3 Å². The summed E-state index contributed by atoms with van der Waals surface area (Å²) in [6.07, 6.45) is 3.10. The number of esters is 2. The van der Waals surface area contributed by atoms with Crippen LogP contribution in [-0.2, 0) is 36.9 Å². The van der Waals surface area contributed by atoms with Crippen LogP contribution in [0.2, 0.25) is 0 Å². The van der Waals surface area contributed by atoms with E-state index in [1.165, 1.54) is 0 Å². The number of fused-ring (bicyclic) bond motifs is 1. The molecule has 0 bridgehead atoms. The molecule has 3 fully saturated rings. The number of aliphatic hydroxyl groups excluding tert-OH is 1. The molecule has 0 unspecified atom stereocenters. The highest BCUT2D eigenvalue weighted by atomic mass is 16.6. The van der Waals surface area contributed by atoms with Gasteiger partial charge >= 0.3 is 18.0 Å². The van der Waals surface area contributed by atoms with Crippen molar-refractivity contribution in [3.05, 3.63) is 71.8 Å². The highest BCUT2D eigenvalue weighted by molar-refractivity contribution is 5.76. The predicted octanol–water partition coefficient (Wildman–Crippen LogP) is 7.71. The molecule has 48 heavy (non-hydrogen) atoms. The average molecular weight is 662 g/mol. The molecule has 2 aliphatic carbocycles. The average Bonchev–Trinajstić information content (AvgIpc) is 3.06. The van der Waals surface area contributed by atoms with Crippen molar-refractivity contribution in [1.29, 1.82) is 0 Å². The molecular formula is C40H55NO7. The summed E-state index contributed by atoms with van der Waals surface area (Å²) >= 11 is 0. The molecule has 2 aromatic carbocycles. The quantitative estimate of drug-likeness (QED) is 0.194. The summed E-state index contributed by atoms with van der Waals surface area (Å²) in [6, 6.07) is 20.0. The van der Waals surface area contributed by atoms with Crippen molar-refractivity contribution in [2.75, 3.05) is 0 Å². The van der Waals surface area contributed by atoms with E-state index in [1.54, 1.807) is 4.90 Å². The summed E-state index contributed by atoms with van der Waals surface area (Å²) in [7, 11) is 0. The second-order valence-electron chi connectivity index (χ2n) is 15.3. The van der Waals surface area contributed by atoms with Crippen molar-refractivity contribution in [3.63, 3.8) is 0 Å². The van der Waals surface area contributed by atoms with Crippen molar-refractivity contribution in [2.45, 2.75) is 123 Å². The first-order valence-electron chi connectivity index (χ1n) is 18.1. The number of benzene rings is 2. The first-order valence-corrected chi connectivity index (χ1v) is 18.1. The standard InChI is InChI=1S/C40H55NO7/c1-6-40(4,5)38(44)47-34-21-27(3)37(33-19-17-26(2)32(36(33)34)20-18-31-22-30(42)23-35(43)46-31)48-39(45)41(24-28-13-9-7-10-14-28)25-29-15-11-8-12-16-29/h7-16,26-27,30-34,36-37,42H,6,17-25H2,1-5H3/t26-,27-,30+,31+,32-,33+,34-,36+,37+/m0/s1. The number of cyclic esters (lactones) is 1. The number of aliphatic hydroxyl groups is 1. The zero-order valence-corrected chi connectivity index (χ0v) is 29.4. The fraction of sp³-hybridized carbons (Fsp3) is 0.625. The number of hydrogen-bond donors (Lipinski definition) is 1. The zero-order valence-electron chi connectivity index (χ0n) is 29.4. The zero-order chi connectivity index (χ0) is 34.4. The molecule has 1 amide bonds. The largest absolute Gasteiger partial charge is 0.462 e. The van der Waals surface area contributed by atoms with Crippen LogP contribution in [-0.4, -0.2) is 52.5 Å². The third kappa shape index (κ3) is 8.79. The Bertz CT molecular complexity index is 1320. The van der Waals surface area contributed by atoms with Crippen LogP contribution >= 0.6 is 0 Å². The number of carbonyl (C=O) groups excluding carboxylic acids is 3. The second kappa shape index (κ2) is 15.9. The first kappa shape index (κ1) is 35.9. The van der Waals surface area contributed by atoms with Crippen LogP contribution in [0, 0.1) is 35.0 Å². The summed E-state index contributed by atoms with van der Waals surface area (Å²) in [5.74, 6) is 0.0226. The van der Waals surface area contributed by atoms with E-state index in [1.807, 2.05) is 81.4 Å². The Morgan fingerprint density at radius 3 is 2.10 bits per heavy atom. The molecule has 2 aromatic rings. The Balaban J connectivity index is 1.40. The molecule has 1 N–H and O–H groups in total. The fourth-order valence-corrected chi connectivity index (χ4v) is 8.22. The molecule has 1 aliphatic heterocycles. The van der Waals surface area contributed by atoms with Gasteiger partial charge < -0.3 is 19.3 Å². The van der Waals surface area contributed by atoms with E-state index in [4.69, 9.17) is 14.2 Å². The Kier molecular flexibility index (Phi) is 11.9. The molecule has 9 atom stereocenters. The van der Waals surface area contributed by atoms with Gasteiger partial charge in [0.25, 0.3) is 0 Å². The maximum absolute atomic E-state index is 14.2. The van der Waals surface area contributed by atoms with Gasteiger partial charge in [0.05, 0.1) is 17.9 Å². The van der Waals surface area contributed by atoms with E-state index >= 15 is 0 Å². The van der Waals surface area contributed by atoms with Gasteiger partial charge in [-0.1, -0.05) is 87.9 Å². The van der Waals surface area contributed by atoms with Gasteiger partial charge in [-0.15, -0.1) is 0 Å². The van der Waals surface area contributed by atoms with Crippen molar-refractivity contribution in [3.8, 4) is 0 Å². The van der Waals surface area contributed by atoms with Crippen molar-refractivity contribution >= 4 is 18.0 Å². The van der Waals surface area contributed by atoms with Crippen LogP contribution in [0.3, 0.4) is 0 Å². The molecule has 262 valence electrons. The van der Waals surface area contributed by atoms with Crippen molar-refractivity contribution in [1.82, 2.24) is 4.90 Å². The SMILES string of the molecule is CCC(C)(C)C(=O)O[C@H]1C[C@H](C)[C@@H](OC(=O)N(Cc2ccccc2)Cc2ccccc2)[C@@H]2CC[C@H](C)[C@H](CC[C@@H]3C[C@@H](O)CC(=O)O3)[C@H]21. The summed E-state index contributed by atoms with van der Waals surface area (Å²) in [5, 5.41) is 10.2. The maximum Gasteiger partial charge on any atom is 0.410 e. The summed E-state index contributed by atoms with van der Waals surface area (Å²) < 4.78 is 18.6. The Hall–Kier alpha value is -3.39. The fourth-order valence-electron chi connectivity index (χ4n) is 8.22. The van der Waals surface area contributed by atoms with Gasteiger partial charge in [-0.25, -0.2) is 4.79 Å². The van der Waals surface area contributed by atoms with E-state index < -0.39 is 11.5 Å². The highest BCUT2D eigenvalue weighted by Gasteiger charge is 2.53. The van der Waals surface area contributed by atoms with Crippen LogP contribution in [0.1, 0.15) is 97.1 Å². The first-order chi connectivity index (χ1) is 22.9. The van der Waals surface area contributed by atoms with Gasteiger partial charge in [0.2, 0.25) is 0 Å². The molecule has 0 aromatic heterocycles. The maximum atomic E-state index is 14.2. The molecule has 0 spiro atoms. The lowest BCUT2D eigenvalue weighted by Gasteiger charge is -2.53. The summed E-state index contributed by atoms with van der Waals surface area (Å²) in [5.41, 5.74) is 1.47. The molecule has 8 heteroatoms. The van der Waals surface area contributed by atoms with Crippen molar-refractivity contribution < 1.29 is 33.7 Å². The number of nitrogens with zero attached hydrogens (tertiary/aromatic N) is 1. The number of rotatable bonds is 11. The smallest absolute Gasteiger partial charge is 0.410 e. The molecule has 1 saturated heterocycles. The topological polar surface area (TPSA) is 102 Å². The van der Waals surface area contributed by atoms with Gasteiger partial charge in [0.15, 0.2) is 0 Å².